The Morgan fingerprint density at radius 3 is 2.75 bits per heavy atom. The second-order valence-electron chi connectivity index (χ2n) is 4.43. The lowest BCUT2D eigenvalue weighted by Gasteiger charge is -2.07. The molecule has 0 amide bonds. The molecule has 7 heteroatoms. The third-order valence-corrected chi connectivity index (χ3v) is 2.47. The molecule has 108 valence electrons. The third kappa shape index (κ3) is 3.74. The Morgan fingerprint density at radius 1 is 1.30 bits per heavy atom. The summed E-state index contributed by atoms with van der Waals surface area (Å²) in [6.07, 6.45) is 0. The first-order chi connectivity index (χ1) is 9.56. The van der Waals surface area contributed by atoms with Gasteiger partial charge in [-0.25, -0.2) is 0 Å². The molecule has 0 atom stereocenters. The summed E-state index contributed by atoms with van der Waals surface area (Å²) in [6.45, 7) is 1.53. The highest BCUT2D eigenvalue weighted by molar-refractivity contribution is 5.62. The van der Waals surface area contributed by atoms with E-state index in [1.807, 2.05) is 13.8 Å². The van der Waals surface area contributed by atoms with Crippen LogP contribution in [0.3, 0.4) is 0 Å². The molecule has 20 heavy (non-hydrogen) atoms. The number of rotatable bonds is 6. The van der Waals surface area contributed by atoms with Crippen LogP contribution in [0, 0.1) is 0 Å². The van der Waals surface area contributed by atoms with Gasteiger partial charge in [0, 0.05) is 6.04 Å². The number of halogens is 2. The van der Waals surface area contributed by atoms with Crippen LogP contribution in [-0.4, -0.2) is 22.8 Å². The van der Waals surface area contributed by atoms with Crippen molar-refractivity contribution in [2.75, 3.05) is 0 Å². The van der Waals surface area contributed by atoms with Gasteiger partial charge in [0.15, 0.2) is 5.82 Å². The van der Waals surface area contributed by atoms with Crippen LogP contribution in [-0.2, 0) is 6.54 Å². The van der Waals surface area contributed by atoms with Gasteiger partial charge in [0.1, 0.15) is 5.75 Å². The van der Waals surface area contributed by atoms with Gasteiger partial charge >= 0.3 is 6.61 Å². The van der Waals surface area contributed by atoms with Crippen LogP contribution in [0.5, 0.6) is 5.75 Å². The molecule has 5 nitrogen and oxygen atoms in total. The number of hydrogen-bond acceptors (Lipinski definition) is 5. The fraction of sp³-hybridized carbons (Fsp3) is 0.385. The van der Waals surface area contributed by atoms with Crippen LogP contribution in [0.1, 0.15) is 19.7 Å². The number of nitrogens with one attached hydrogen (secondary N) is 1. The Balaban J connectivity index is 2.19. The van der Waals surface area contributed by atoms with Crippen molar-refractivity contribution in [1.82, 2.24) is 15.5 Å². The lowest BCUT2D eigenvalue weighted by Crippen LogP contribution is -2.22. The van der Waals surface area contributed by atoms with Crippen molar-refractivity contribution < 1.29 is 18.0 Å². The summed E-state index contributed by atoms with van der Waals surface area (Å²) in [5, 5.41) is 6.93. The standard InChI is InChI=1S/C13H15F2N3O2/c1-8(2)16-7-11-17-12(20-18-11)9-5-3-4-6-10(9)19-13(14)15/h3-6,8,13,16H,7H2,1-2H3. The molecule has 0 saturated heterocycles. The van der Waals surface area contributed by atoms with E-state index >= 15 is 0 Å². The SMILES string of the molecule is CC(C)NCc1noc(-c2ccccc2OC(F)F)n1. The molecule has 0 unspecified atom stereocenters. The topological polar surface area (TPSA) is 60.2 Å². The lowest BCUT2D eigenvalue weighted by atomic mass is 10.2. The summed E-state index contributed by atoms with van der Waals surface area (Å²) in [7, 11) is 0. The first-order valence-corrected chi connectivity index (χ1v) is 6.16. The summed E-state index contributed by atoms with van der Waals surface area (Å²) in [5.74, 6) is 0.622. The highest BCUT2D eigenvalue weighted by atomic mass is 19.3. The average molecular weight is 283 g/mol. The van der Waals surface area contributed by atoms with Crippen molar-refractivity contribution in [2.24, 2.45) is 0 Å². The molecule has 0 aliphatic heterocycles. The van der Waals surface area contributed by atoms with Crippen molar-refractivity contribution in [3.8, 4) is 17.2 Å². The van der Waals surface area contributed by atoms with E-state index in [0.29, 0.717) is 17.9 Å². The Hall–Kier alpha value is -2.02. The molecule has 2 aromatic rings. The number of alkyl halides is 2. The fourth-order valence-electron chi connectivity index (χ4n) is 1.57. The van der Waals surface area contributed by atoms with E-state index in [2.05, 4.69) is 20.2 Å². The summed E-state index contributed by atoms with van der Waals surface area (Å²) < 4.78 is 34.2. The number of hydrogen-bond donors (Lipinski definition) is 1. The zero-order valence-electron chi connectivity index (χ0n) is 11.1. The van der Waals surface area contributed by atoms with Crippen molar-refractivity contribution >= 4 is 0 Å². The normalized spacial score (nSPS) is 11.3. The molecular formula is C13H15F2N3O2. The van der Waals surface area contributed by atoms with E-state index in [-0.39, 0.29) is 17.7 Å². The van der Waals surface area contributed by atoms with Gasteiger partial charge in [-0.05, 0) is 12.1 Å². The molecular weight excluding hydrogens is 268 g/mol. The monoisotopic (exact) mass is 283 g/mol. The number of nitrogens with zero attached hydrogens (tertiary/aromatic N) is 2. The number of ether oxygens (including phenoxy) is 1. The molecule has 0 aliphatic rings. The van der Waals surface area contributed by atoms with Crippen LogP contribution in [0.25, 0.3) is 11.5 Å². The summed E-state index contributed by atoms with van der Waals surface area (Å²) in [6, 6.07) is 6.58. The minimum absolute atomic E-state index is 0.00881. The molecule has 1 N–H and O–H groups in total. The molecule has 0 bridgehead atoms. The van der Waals surface area contributed by atoms with Crippen LogP contribution in [0.15, 0.2) is 28.8 Å². The van der Waals surface area contributed by atoms with Crippen molar-refractivity contribution in [1.29, 1.82) is 0 Å². The molecule has 1 aromatic carbocycles. The zero-order valence-corrected chi connectivity index (χ0v) is 11.1. The molecule has 1 heterocycles. The smallest absolute Gasteiger partial charge is 0.387 e. The molecule has 0 radical (unpaired) electrons. The van der Waals surface area contributed by atoms with Crippen LogP contribution < -0.4 is 10.1 Å². The maximum absolute atomic E-state index is 12.3. The van der Waals surface area contributed by atoms with Gasteiger partial charge in [-0.1, -0.05) is 31.1 Å². The number of para-hydroxylation sites is 1. The predicted octanol–water partition coefficient (Wildman–Crippen LogP) is 2.84. The second-order valence-corrected chi connectivity index (χ2v) is 4.43. The van der Waals surface area contributed by atoms with Crippen LogP contribution in [0.4, 0.5) is 8.78 Å². The third-order valence-electron chi connectivity index (χ3n) is 2.47. The summed E-state index contributed by atoms with van der Waals surface area (Å²) in [4.78, 5) is 4.16. The van der Waals surface area contributed by atoms with E-state index < -0.39 is 6.61 Å². The van der Waals surface area contributed by atoms with Crippen molar-refractivity contribution in [2.45, 2.75) is 33.0 Å². The average Bonchev–Trinajstić information content (AvgIpc) is 2.85. The fourth-order valence-corrected chi connectivity index (χ4v) is 1.57. The Morgan fingerprint density at radius 2 is 2.05 bits per heavy atom. The zero-order chi connectivity index (χ0) is 14.5. The van der Waals surface area contributed by atoms with E-state index in [1.165, 1.54) is 6.07 Å². The van der Waals surface area contributed by atoms with Gasteiger partial charge < -0.3 is 14.6 Å². The second kappa shape index (κ2) is 6.42. The largest absolute Gasteiger partial charge is 0.434 e. The first kappa shape index (κ1) is 14.4. The maximum Gasteiger partial charge on any atom is 0.387 e. The van der Waals surface area contributed by atoms with E-state index in [1.54, 1.807) is 18.2 Å². The summed E-state index contributed by atoms with van der Waals surface area (Å²) in [5.41, 5.74) is 0.344. The minimum Gasteiger partial charge on any atom is -0.434 e. The lowest BCUT2D eigenvalue weighted by molar-refractivity contribution is -0.0495. The minimum atomic E-state index is -2.90. The molecule has 2 rings (SSSR count). The van der Waals surface area contributed by atoms with Gasteiger partial charge in [0.05, 0.1) is 12.1 Å². The van der Waals surface area contributed by atoms with Crippen molar-refractivity contribution in [3.05, 3.63) is 30.1 Å². The number of aromatic nitrogens is 2. The van der Waals surface area contributed by atoms with Crippen LogP contribution >= 0.6 is 0 Å². The predicted molar refractivity (Wildman–Crippen MR) is 68.3 cm³/mol. The van der Waals surface area contributed by atoms with Crippen LogP contribution in [0.2, 0.25) is 0 Å². The first-order valence-electron chi connectivity index (χ1n) is 6.16. The van der Waals surface area contributed by atoms with Crippen molar-refractivity contribution in [3.63, 3.8) is 0 Å². The Labute approximate surface area is 114 Å². The van der Waals surface area contributed by atoms with Gasteiger partial charge in [-0.3, -0.25) is 0 Å². The molecule has 0 aliphatic carbocycles. The molecule has 1 aromatic heterocycles. The van der Waals surface area contributed by atoms with Gasteiger partial charge in [0.2, 0.25) is 0 Å². The van der Waals surface area contributed by atoms with Gasteiger partial charge in [-0.15, -0.1) is 0 Å². The summed E-state index contributed by atoms with van der Waals surface area (Å²) >= 11 is 0. The maximum atomic E-state index is 12.3. The van der Waals surface area contributed by atoms with E-state index in [9.17, 15) is 8.78 Å². The van der Waals surface area contributed by atoms with Gasteiger partial charge in [-0.2, -0.15) is 13.8 Å². The highest BCUT2D eigenvalue weighted by Crippen LogP contribution is 2.29. The molecule has 0 saturated carbocycles. The van der Waals surface area contributed by atoms with E-state index in [0.717, 1.165) is 0 Å². The number of benzene rings is 1. The Bertz CT molecular complexity index is 558. The quantitative estimate of drug-likeness (QED) is 0.883. The molecule has 0 fully saturated rings. The van der Waals surface area contributed by atoms with E-state index in [4.69, 9.17) is 4.52 Å². The Kier molecular flexibility index (Phi) is 4.62. The van der Waals surface area contributed by atoms with Gasteiger partial charge in [0.25, 0.3) is 5.89 Å². The highest BCUT2D eigenvalue weighted by Gasteiger charge is 2.16. The molecule has 0 spiro atoms.